The standard InChI is InChI=1S/C20H21ClN2/c1-13-9-10-17-11-18(20(21)23-19(17)14(13)2)12-22-15(3)16-7-5-4-6-8-16/h4-11,15,22H,12H2,1-3H3/p+1/t15-/m1/s1. The number of hydrogen-bond acceptors (Lipinski definition) is 1. The predicted molar refractivity (Wildman–Crippen MR) is 96.7 cm³/mol. The van der Waals surface area contributed by atoms with Crippen LogP contribution in [-0.4, -0.2) is 4.98 Å². The Balaban J connectivity index is 1.83. The molecule has 0 unspecified atom stereocenters. The maximum atomic E-state index is 6.43. The second kappa shape index (κ2) is 6.69. The molecule has 0 spiro atoms. The van der Waals surface area contributed by atoms with Crippen molar-refractivity contribution in [1.82, 2.24) is 4.98 Å². The van der Waals surface area contributed by atoms with E-state index in [-0.39, 0.29) is 0 Å². The van der Waals surface area contributed by atoms with Gasteiger partial charge in [-0.15, -0.1) is 0 Å². The number of pyridine rings is 1. The summed E-state index contributed by atoms with van der Waals surface area (Å²) in [6.07, 6.45) is 0. The molecule has 3 heteroatoms. The van der Waals surface area contributed by atoms with Crippen molar-refractivity contribution in [2.45, 2.75) is 33.4 Å². The molecule has 0 aliphatic carbocycles. The highest BCUT2D eigenvalue weighted by atomic mass is 35.5. The first-order valence-electron chi connectivity index (χ1n) is 8.00. The Kier molecular flexibility index (Phi) is 4.65. The lowest BCUT2D eigenvalue weighted by molar-refractivity contribution is -0.707. The molecule has 0 bridgehead atoms. The second-order valence-electron chi connectivity index (χ2n) is 6.16. The molecule has 118 valence electrons. The van der Waals surface area contributed by atoms with Crippen molar-refractivity contribution in [1.29, 1.82) is 0 Å². The van der Waals surface area contributed by atoms with Gasteiger partial charge in [-0.1, -0.05) is 54.1 Å². The van der Waals surface area contributed by atoms with Gasteiger partial charge in [0.15, 0.2) is 0 Å². The minimum Gasteiger partial charge on any atom is -0.336 e. The molecule has 3 aromatic rings. The molecule has 2 nitrogen and oxygen atoms in total. The molecule has 3 rings (SSSR count). The summed E-state index contributed by atoms with van der Waals surface area (Å²) < 4.78 is 0. The molecule has 0 radical (unpaired) electrons. The molecule has 1 atom stereocenters. The Morgan fingerprint density at radius 3 is 2.57 bits per heavy atom. The van der Waals surface area contributed by atoms with Crippen LogP contribution < -0.4 is 5.32 Å². The van der Waals surface area contributed by atoms with Crippen LogP contribution in [0.3, 0.4) is 0 Å². The Hall–Kier alpha value is -1.90. The van der Waals surface area contributed by atoms with Crippen molar-refractivity contribution in [3.05, 3.63) is 75.9 Å². The summed E-state index contributed by atoms with van der Waals surface area (Å²) in [7, 11) is 0. The van der Waals surface area contributed by atoms with Crippen LogP contribution in [-0.2, 0) is 6.54 Å². The zero-order chi connectivity index (χ0) is 16.4. The number of rotatable bonds is 4. The van der Waals surface area contributed by atoms with Crippen molar-refractivity contribution < 1.29 is 5.32 Å². The van der Waals surface area contributed by atoms with E-state index in [0.29, 0.717) is 11.2 Å². The number of benzene rings is 2. The molecular weight excluding hydrogens is 304 g/mol. The molecule has 1 heterocycles. The molecule has 0 amide bonds. The van der Waals surface area contributed by atoms with E-state index >= 15 is 0 Å². The fourth-order valence-corrected chi connectivity index (χ4v) is 3.06. The highest BCUT2D eigenvalue weighted by Gasteiger charge is 2.12. The fourth-order valence-electron chi connectivity index (χ4n) is 2.84. The van der Waals surface area contributed by atoms with E-state index in [9.17, 15) is 0 Å². The van der Waals surface area contributed by atoms with Crippen molar-refractivity contribution >= 4 is 22.5 Å². The third-order valence-electron chi connectivity index (χ3n) is 4.55. The maximum Gasteiger partial charge on any atom is 0.138 e. The first-order valence-corrected chi connectivity index (χ1v) is 8.37. The minimum atomic E-state index is 0.391. The first-order chi connectivity index (χ1) is 11.1. The van der Waals surface area contributed by atoms with E-state index < -0.39 is 0 Å². The van der Waals surface area contributed by atoms with Gasteiger partial charge in [-0.2, -0.15) is 0 Å². The SMILES string of the molecule is Cc1ccc2cc(C[NH2+][C@H](C)c3ccccc3)c(Cl)nc2c1C. The maximum absolute atomic E-state index is 6.43. The molecule has 23 heavy (non-hydrogen) atoms. The van der Waals surface area contributed by atoms with E-state index in [1.54, 1.807) is 0 Å². The van der Waals surface area contributed by atoms with Gasteiger partial charge in [-0.05, 0) is 38.0 Å². The molecule has 0 aliphatic rings. The van der Waals surface area contributed by atoms with Crippen molar-refractivity contribution in [2.24, 2.45) is 0 Å². The predicted octanol–water partition coefficient (Wildman–Crippen LogP) is 4.33. The van der Waals surface area contributed by atoms with Gasteiger partial charge in [0.2, 0.25) is 0 Å². The van der Waals surface area contributed by atoms with Crippen LogP contribution in [0.15, 0.2) is 48.5 Å². The molecule has 0 fully saturated rings. The van der Waals surface area contributed by atoms with Crippen LogP contribution >= 0.6 is 11.6 Å². The summed E-state index contributed by atoms with van der Waals surface area (Å²) in [6, 6.07) is 17.4. The van der Waals surface area contributed by atoms with E-state index in [1.165, 1.54) is 16.7 Å². The van der Waals surface area contributed by atoms with E-state index in [1.807, 2.05) is 6.07 Å². The van der Waals surface area contributed by atoms with Crippen LogP contribution in [0, 0.1) is 13.8 Å². The van der Waals surface area contributed by atoms with Gasteiger partial charge in [0.25, 0.3) is 0 Å². The summed E-state index contributed by atoms with van der Waals surface area (Å²) >= 11 is 6.43. The van der Waals surface area contributed by atoms with Crippen LogP contribution in [0.1, 0.15) is 35.2 Å². The average molecular weight is 326 g/mol. The Bertz CT molecular complexity index is 828. The number of aryl methyl sites for hydroxylation is 2. The number of hydrogen-bond donors (Lipinski definition) is 1. The summed E-state index contributed by atoms with van der Waals surface area (Å²) in [6.45, 7) is 7.24. The van der Waals surface area contributed by atoms with Crippen molar-refractivity contribution in [3.63, 3.8) is 0 Å². The van der Waals surface area contributed by atoms with Crippen molar-refractivity contribution in [3.8, 4) is 0 Å². The van der Waals surface area contributed by atoms with Gasteiger partial charge in [-0.25, -0.2) is 4.98 Å². The summed E-state index contributed by atoms with van der Waals surface area (Å²) in [5.41, 5.74) is 5.87. The quantitative estimate of drug-likeness (QED) is 0.711. The number of fused-ring (bicyclic) bond motifs is 1. The first kappa shape index (κ1) is 16.0. The third-order valence-corrected chi connectivity index (χ3v) is 4.88. The van der Waals surface area contributed by atoms with Gasteiger partial charge >= 0.3 is 0 Å². The lowest BCUT2D eigenvalue weighted by atomic mass is 10.0. The molecule has 0 saturated heterocycles. The molecule has 1 aromatic heterocycles. The van der Waals surface area contributed by atoms with Crippen LogP contribution in [0.2, 0.25) is 5.15 Å². The van der Waals surface area contributed by atoms with E-state index in [0.717, 1.165) is 23.0 Å². The molecular formula is C20H22ClN2+. The van der Waals surface area contributed by atoms with Gasteiger partial charge in [0.05, 0.1) is 5.52 Å². The summed E-state index contributed by atoms with van der Waals surface area (Å²) in [5, 5.41) is 4.07. The Morgan fingerprint density at radius 1 is 1.09 bits per heavy atom. The average Bonchev–Trinajstić information content (AvgIpc) is 2.57. The smallest absolute Gasteiger partial charge is 0.138 e. The lowest BCUT2D eigenvalue weighted by Crippen LogP contribution is -2.83. The largest absolute Gasteiger partial charge is 0.336 e. The van der Waals surface area contributed by atoms with Crippen LogP contribution in [0.5, 0.6) is 0 Å². The van der Waals surface area contributed by atoms with Crippen LogP contribution in [0.4, 0.5) is 0 Å². The number of halogens is 1. The number of nitrogens with two attached hydrogens (primary N) is 1. The normalized spacial score (nSPS) is 12.5. The zero-order valence-electron chi connectivity index (χ0n) is 13.8. The minimum absolute atomic E-state index is 0.391. The monoisotopic (exact) mass is 325 g/mol. The molecule has 2 aromatic carbocycles. The number of nitrogens with zero attached hydrogens (tertiary/aromatic N) is 1. The van der Waals surface area contributed by atoms with Gasteiger partial charge < -0.3 is 5.32 Å². The fraction of sp³-hybridized carbons (Fsp3) is 0.250. The molecule has 2 N–H and O–H groups in total. The van der Waals surface area contributed by atoms with Crippen LogP contribution in [0.25, 0.3) is 10.9 Å². The number of aromatic nitrogens is 1. The van der Waals surface area contributed by atoms with E-state index in [2.05, 4.69) is 73.5 Å². The lowest BCUT2D eigenvalue weighted by Gasteiger charge is -2.13. The Morgan fingerprint density at radius 2 is 1.83 bits per heavy atom. The van der Waals surface area contributed by atoms with Gasteiger partial charge in [-0.3, -0.25) is 0 Å². The highest BCUT2D eigenvalue weighted by Crippen LogP contribution is 2.24. The molecule has 0 aliphatic heterocycles. The summed E-state index contributed by atoms with van der Waals surface area (Å²) in [4.78, 5) is 4.63. The second-order valence-corrected chi connectivity index (χ2v) is 6.51. The topological polar surface area (TPSA) is 29.5 Å². The molecule has 0 saturated carbocycles. The Labute approximate surface area is 142 Å². The highest BCUT2D eigenvalue weighted by molar-refractivity contribution is 6.30. The van der Waals surface area contributed by atoms with Gasteiger partial charge in [0, 0.05) is 16.5 Å². The summed E-state index contributed by atoms with van der Waals surface area (Å²) in [5.74, 6) is 0. The zero-order valence-corrected chi connectivity index (χ0v) is 14.6. The number of quaternary nitrogens is 1. The third kappa shape index (κ3) is 3.39. The van der Waals surface area contributed by atoms with E-state index in [4.69, 9.17) is 11.6 Å². The van der Waals surface area contributed by atoms with Crippen molar-refractivity contribution in [2.75, 3.05) is 0 Å². The van der Waals surface area contributed by atoms with Gasteiger partial charge in [0.1, 0.15) is 17.7 Å².